The zero-order valence-corrected chi connectivity index (χ0v) is 28.2. The average Bonchev–Trinajstić information content (AvgIpc) is 3.29. The molecule has 2 atom stereocenters. The third kappa shape index (κ3) is 7.60. The van der Waals surface area contributed by atoms with Crippen LogP contribution in [0.2, 0.25) is 5.02 Å². The Balaban J connectivity index is 1.67. The van der Waals surface area contributed by atoms with Gasteiger partial charge in [-0.1, -0.05) is 30.7 Å². The van der Waals surface area contributed by atoms with Crippen LogP contribution in [0.5, 0.6) is 0 Å². The highest BCUT2D eigenvalue weighted by atomic mass is 35.5. The first-order chi connectivity index (χ1) is 20.4. The molecule has 0 unspecified atom stereocenters. The largest absolute Gasteiger partial charge is 0.460 e. The summed E-state index contributed by atoms with van der Waals surface area (Å²) in [5.41, 5.74) is 0.263. The molecule has 1 N–H and O–H groups in total. The Kier molecular flexibility index (Phi) is 9.81. The molecule has 3 aromatic rings. The Labute approximate surface area is 265 Å². The van der Waals surface area contributed by atoms with Crippen molar-refractivity contribution in [2.24, 2.45) is 5.41 Å². The number of piperidine rings is 1. The van der Waals surface area contributed by atoms with Gasteiger partial charge in [-0.15, -0.1) is 0 Å². The first kappa shape index (κ1) is 33.8. The molecule has 1 aliphatic rings. The number of aryl methyl sites for hydroxylation is 2. The molecule has 0 spiro atoms. The van der Waals surface area contributed by atoms with E-state index in [1.165, 1.54) is 6.07 Å². The zero-order valence-electron chi connectivity index (χ0n) is 27.4. The van der Waals surface area contributed by atoms with Crippen LogP contribution < -0.4 is 5.32 Å². The fourth-order valence-electron chi connectivity index (χ4n) is 6.05. The molecule has 0 saturated carbocycles. The number of hydrogen-bond donors (Lipinski definition) is 1. The van der Waals surface area contributed by atoms with Gasteiger partial charge < -0.3 is 10.1 Å². The summed E-state index contributed by atoms with van der Waals surface area (Å²) in [7, 11) is 0. The Morgan fingerprint density at radius 1 is 1.11 bits per heavy atom. The molecule has 10 heteroatoms. The van der Waals surface area contributed by atoms with Gasteiger partial charge in [-0.3, -0.25) is 14.4 Å². The van der Waals surface area contributed by atoms with Crippen LogP contribution in [0.3, 0.4) is 0 Å². The number of carbonyl (C=O) groups excluding carboxylic acids is 1. The molecule has 1 aromatic carbocycles. The molecule has 3 heterocycles. The van der Waals surface area contributed by atoms with E-state index in [0.29, 0.717) is 55.1 Å². The monoisotopic (exact) mass is 629 g/mol. The van der Waals surface area contributed by atoms with E-state index in [9.17, 15) is 9.18 Å². The summed E-state index contributed by atoms with van der Waals surface area (Å²) < 4.78 is 38.6. The number of ether oxygens (including phenoxy) is 1. The molecule has 0 radical (unpaired) electrons. The molecule has 0 bridgehead atoms. The van der Waals surface area contributed by atoms with Gasteiger partial charge in [-0.2, -0.15) is 5.10 Å². The number of anilines is 2. The highest BCUT2D eigenvalue weighted by Crippen LogP contribution is 2.42. The molecule has 4 rings (SSSR count). The summed E-state index contributed by atoms with van der Waals surface area (Å²) in [4.78, 5) is 20.8. The van der Waals surface area contributed by atoms with E-state index in [-0.39, 0.29) is 34.7 Å². The number of benzene rings is 1. The standard InChI is InChI=1S/C34H46ClF2N5O2/c1-10-23-17-27(39-28-16-21(2)42(40-28)32(4,5)6)38-26(30(23)37)19-34(31(43)44-33(7,8)9)14-15-41(22(3)18-34)20-24-12-11-13-25(35)29(24)36/h11-13,16-17,22H,10,14-15,18-20H2,1-9H3,(H,38,39,40)/t22-,34-/m1/s1. The van der Waals surface area contributed by atoms with Gasteiger partial charge in [0.1, 0.15) is 23.1 Å². The average molecular weight is 630 g/mol. The number of nitrogens with one attached hydrogen (secondary N) is 1. The number of aromatic nitrogens is 3. The maximum Gasteiger partial charge on any atom is 0.313 e. The number of rotatable bonds is 8. The molecule has 1 saturated heterocycles. The van der Waals surface area contributed by atoms with Crippen LogP contribution in [0.1, 0.15) is 90.7 Å². The van der Waals surface area contributed by atoms with Gasteiger partial charge >= 0.3 is 5.97 Å². The van der Waals surface area contributed by atoms with E-state index in [4.69, 9.17) is 26.4 Å². The summed E-state index contributed by atoms with van der Waals surface area (Å²) in [5.74, 6) is -0.133. The number of esters is 1. The predicted molar refractivity (Wildman–Crippen MR) is 171 cm³/mol. The summed E-state index contributed by atoms with van der Waals surface area (Å²) >= 11 is 6.03. The normalized spacial score (nSPS) is 19.7. The minimum Gasteiger partial charge on any atom is -0.460 e. The third-order valence-electron chi connectivity index (χ3n) is 8.19. The van der Waals surface area contributed by atoms with E-state index < -0.39 is 22.7 Å². The Morgan fingerprint density at radius 2 is 1.82 bits per heavy atom. The lowest BCUT2D eigenvalue weighted by Gasteiger charge is -2.45. The van der Waals surface area contributed by atoms with Gasteiger partial charge in [0, 0.05) is 36.3 Å². The molecule has 0 aliphatic carbocycles. The highest BCUT2D eigenvalue weighted by Gasteiger charge is 2.47. The molecular formula is C34H46ClF2N5O2. The highest BCUT2D eigenvalue weighted by molar-refractivity contribution is 6.30. The lowest BCUT2D eigenvalue weighted by atomic mass is 9.71. The number of halogens is 3. The number of pyridine rings is 1. The van der Waals surface area contributed by atoms with Crippen LogP contribution in [-0.4, -0.2) is 43.8 Å². The first-order valence-electron chi connectivity index (χ1n) is 15.4. The molecule has 240 valence electrons. The van der Waals surface area contributed by atoms with Crippen LogP contribution in [0, 0.1) is 24.0 Å². The second-order valence-electron chi connectivity index (χ2n) is 14.1. The van der Waals surface area contributed by atoms with Crippen molar-refractivity contribution in [1.29, 1.82) is 0 Å². The summed E-state index contributed by atoms with van der Waals surface area (Å²) in [6, 6.07) is 8.50. The van der Waals surface area contributed by atoms with Gasteiger partial charge in [0.05, 0.1) is 21.7 Å². The lowest BCUT2D eigenvalue weighted by molar-refractivity contribution is -0.172. The van der Waals surface area contributed by atoms with Crippen molar-refractivity contribution in [2.75, 3.05) is 11.9 Å². The van der Waals surface area contributed by atoms with Crippen LogP contribution in [0.15, 0.2) is 30.3 Å². The molecular weight excluding hydrogens is 584 g/mol. The molecule has 44 heavy (non-hydrogen) atoms. The molecule has 1 aliphatic heterocycles. The smallest absolute Gasteiger partial charge is 0.313 e. The maximum absolute atomic E-state index is 16.0. The fraction of sp³-hybridized carbons (Fsp3) is 0.559. The van der Waals surface area contributed by atoms with Gasteiger partial charge in [0.2, 0.25) is 0 Å². The van der Waals surface area contributed by atoms with Crippen molar-refractivity contribution in [3.63, 3.8) is 0 Å². The quantitative estimate of drug-likeness (QED) is 0.254. The SMILES string of the molecule is CCc1cc(Nc2cc(C)n(C(C)(C)C)n2)nc(C[C@@]2(C(=O)OC(C)(C)C)CCN(Cc3cccc(Cl)c3F)[C@H](C)C2)c1F. The van der Waals surface area contributed by atoms with Crippen LogP contribution in [-0.2, 0) is 34.5 Å². The fourth-order valence-corrected chi connectivity index (χ4v) is 6.24. The van der Waals surface area contributed by atoms with Crippen molar-refractivity contribution in [1.82, 2.24) is 19.7 Å². The van der Waals surface area contributed by atoms with Crippen molar-refractivity contribution in [3.8, 4) is 0 Å². The summed E-state index contributed by atoms with van der Waals surface area (Å²) in [6.07, 6.45) is 1.35. The van der Waals surface area contributed by atoms with Crippen molar-refractivity contribution >= 4 is 29.2 Å². The maximum atomic E-state index is 16.0. The molecule has 2 aromatic heterocycles. The molecule has 7 nitrogen and oxygen atoms in total. The number of carbonyl (C=O) groups is 1. The zero-order chi connectivity index (χ0) is 32.6. The minimum atomic E-state index is -1.02. The van der Waals surface area contributed by atoms with Gasteiger partial charge in [0.15, 0.2) is 5.82 Å². The van der Waals surface area contributed by atoms with Crippen LogP contribution in [0.25, 0.3) is 0 Å². The number of nitrogens with zero attached hydrogens (tertiary/aromatic N) is 4. The van der Waals surface area contributed by atoms with E-state index >= 15 is 4.39 Å². The van der Waals surface area contributed by atoms with Crippen LogP contribution >= 0.6 is 11.6 Å². The second-order valence-corrected chi connectivity index (χ2v) is 14.5. The van der Waals surface area contributed by atoms with Gasteiger partial charge in [0.25, 0.3) is 0 Å². The Bertz CT molecular complexity index is 1510. The summed E-state index contributed by atoms with van der Waals surface area (Å²) in [6.45, 7) is 18.5. The van der Waals surface area contributed by atoms with Gasteiger partial charge in [-0.05, 0) is 98.9 Å². The van der Waals surface area contributed by atoms with Crippen molar-refractivity contribution < 1.29 is 18.3 Å². The van der Waals surface area contributed by atoms with E-state index in [2.05, 4.69) is 31.0 Å². The van der Waals surface area contributed by atoms with E-state index in [0.717, 1.165) is 5.69 Å². The lowest BCUT2D eigenvalue weighted by Crippen LogP contribution is -2.51. The predicted octanol–water partition coefficient (Wildman–Crippen LogP) is 8.13. The second kappa shape index (κ2) is 12.8. The number of likely N-dealkylation sites (tertiary alicyclic amines) is 1. The Morgan fingerprint density at radius 3 is 2.41 bits per heavy atom. The van der Waals surface area contributed by atoms with Crippen LogP contribution in [0.4, 0.5) is 20.4 Å². The first-order valence-corrected chi connectivity index (χ1v) is 15.7. The third-order valence-corrected chi connectivity index (χ3v) is 8.48. The van der Waals surface area contributed by atoms with E-state index in [1.54, 1.807) is 18.2 Å². The topological polar surface area (TPSA) is 72.3 Å². The Hall–Kier alpha value is -3.04. The van der Waals surface area contributed by atoms with Crippen molar-refractivity contribution in [3.05, 3.63) is 69.5 Å². The molecule has 0 amide bonds. The van der Waals surface area contributed by atoms with E-state index in [1.807, 2.05) is 52.3 Å². The molecule has 1 fully saturated rings. The summed E-state index contributed by atoms with van der Waals surface area (Å²) in [5, 5.41) is 8.05. The number of hydrogen-bond acceptors (Lipinski definition) is 6. The minimum absolute atomic E-state index is 0.0788. The van der Waals surface area contributed by atoms with Crippen molar-refractivity contribution in [2.45, 2.75) is 112 Å². The van der Waals surface area contributed by atoms with Gasteiger partial charge in [-0.25, -0.2) is 13.8 Å².